The number of rotatable bonds is 3. The van der Waals surface area contributed by atoms with Gasteiger partial charge in [0.05, 0.1) is 7.11 Å². The Labute approximate surface area is 77.5 Å². The summed E-state index contributed by atoms with van der Waals surface area (Å²) in [5, 5.41) is 0. The number of hydrogen-bond donors (Lipinski definition) is 1. The van der Waals surface area contributed by atoms with Crippen molar-refractivity contribution in [3.63, 3.8) is 0 Å². The molecule has 72 valence electrons. The van der Waals surface area contributed by atoms with Gasteiger partial charge in [0.1, 0.15) is 11.6 Å². The van der Waals surface area contributed by atoms with E-state index in [0.29, 0.717) is 24.3 Å². The van der Waals surface area contributed by atoms with E-state index in [-0.39, 0.29) is 5.82 Å². The van der Waals surface area contributed by atoms with Crippen molar-refractivity contribution in [2.24, 2.45) is 5.73 Å². The summed E-state index contributed by atoms with van der Waals surface area (Å²) in [6, 6.07) is 3.15. The number of hydrogen-bond acceptors (Lipinski definition) is 2. The van der Waals surface area contributed by atoms with Gasteiger partial charge in [-0.05, 0) is 31.5 Å². The molecule has 0 aliphatic carbocycles. The average Bonchev–Trinajstić information content (AvgIpc) is 2.12. The molecule has 0 amide bonds. The molecule has 13 heavy (non-hydrogen) atoms. The zero-order valence-corrected chi connectivity index (χ0v) is 7.93. The highest BCUT2D eigenvalue weighted by molar-refractivity contribution is 5.41. The predicted molar refractivity (Wildman–Crippen MR) is 50.4 cm³/mol. The Balaban J connectivity index is 3.18. The number of benzene rings is 1. The molecule has 0 bridgehead atoms. The monoisotopic (exact) mass is 183 g/mol. The van der Waals surface area contributed by atoms with E-state index in [2.05, 4.69) is 0 Å². The molecule has 0 aromatic heterocycles. The van der Waals surface area contributed by atoms with Gasteiger partial charge in [0.2, 0.25) is 0 Å². The van der Waals surface area contributed by atoms with Crippen molar-refractivity contribution < 1.29 is 9.13 Å². The Morgan fingerprint density at radius 2 is 2.15 bits per heavy atom. The zero-order valence-electron chi connectivity index (χ0n) is 7.93. The lowest BCUT2D eigenvalue weighted by atomic mass is 10.1. The minimum atomic E-state index is -0.243. The summed E-state index contributed by atoms with van der Waals surface area (Å²) in [5.41, 5.74) is 6.89. The minimum Gasteiger partial charge on any atom is -0.496 e. The standard InChI is InChI=1S/C10H14FNO/c1-7-3-4-9(11)8(5-6-12)10(7)13-2/h3-4H,5-6,12H2,1-2H3. The summed E-state index contributed by atoms with van der Waals surface area (Å²) >= 11 is 0. The van der Waals surface area contributed by atoms with Crippen LogP contribution in [0.4, 0.5) is 4.39 Å². The van der Waals surface area contributed by atoms with Crippen LogP contribution in [-0.2, 0) is 6.42 Å². The second-order valence-corrected chi connectivity index (χ2v) is 2.91. The zero-order chi connectivity index (χ0) is 9.84. The van der Waals surface area contributed by atoms with Crippen molar-refractivity contribution in [1.29, 1.82) is 0 Å². The fraction of sp³-hybridized carbons (Fsp3) is 0.400. The molecule has 0 radical (unpaired) electrons. The van der Waals surface area contributed by atoms with E-state index in [4.69, 9.17) is 10.5 Å². The topological polar surface area (TPSA) is 35.2 Å². The van der Waals surface area contributed by atoms with Crippen molar-refractivity contribution in [3.05, 3.63) is 29.1 Å². The molecular formula is C10H14FNO. The average molecular weight is 183 g/mol. The van der Waals surface area contributed by atoms with Gasteiger partial charge in [-0.3, -0.25) is 0 Å². The van der Waals surface area contributed by atoms with Crippen molar-refractivity contribution in [1.82, 2.24) is 0 Å². The third-order valence-electron chi connectivity index (χ3n) is 2.00. The van der Waals surface area contributed by atoms with E-state index in [1.165, 1.54) is 6.07 Å². The van der Waals surface area contributed by atoms with E-state index < -0.39 is 0 Å². The van der Waals surface area contributed by atoms with Gasteiger partial charge in [0, 0.05) is 5.56 Å². The highest BCUT2D eigenvalue weighted by Gasteiger charge is 2.10. The number of halogens is 1. The first kappa shape index (κ1) is 9.99. The first-order chi connectivity index (χ1) is 6.20. The minimum absolute atomic E-state index is 0.243. The number of nitrogens with two attached hydrogens (primary N) is 1. The predicted octanol–water partition coefficient (Wildman–Crippen LogP) is 1.64. The van der Waals surface area contributed by atoms with Crippen molar-refractivity contribution >= 4 is 0 Å². The van der Waals surface area contributed by atoms with Crippen LogP contribution in [0, 0.1) is 12.7 Å². The van der Waals surface area contributed by atoms with Crippen LogP contribution in [0.2, 0.25) is 0 Å². The van der Waals surface area contributed by atoms with Crippen LogP contribution >= 0.6 is 0 Å². The lowest BCUT2D eigenvalue weighted by molar-refractivity contribution is 0.401. The number of methoxy groups -OCH3 is 1. The molecule has 3 heteroatoms. The molecule has 0 atom stereocenters. The normalized spacial score (nSPS) is 10.2. The van der Waals surface area contributed by atoms with E-state index >= 15 is 0 Å². The molecule has 0 saturated carbocycles. The van der Waals surface area contributed by atoms with Crippen LogP contribution in [0.3, 0.4) is 0 Å². The van der Waals surface area contributed by atoms with E-state index in [1.54, 1.807) is 13.2 Å². The molecule has 2 N–H and O–H groups in total. The summed E-state index contributed by atoms with van der Waals surface area (Å²) in [6.45, 7) is 2.31. The summed E-state index contributed by atoms with van der Waals surface area (Å²) in [5.74, 6) is 0.373. The molecule has 1 aromatic carbocycles. The van der Waals surface area contributed by atoms with E-state index in [0.717, 1.165) is 5.56 Å². The van der Waals surface area contributed by atoms with Crippen molar-refractivity contribution in [3.8, 4) is 5.75 Å². The van der Waals surface area contributed by atoms with Crippen LogP contribution in [0.1, 0.15) is 11.1 Å². The van der Waals surface area contributed by atoms with Gasteiger partial charge < -0.3 is 10.5 Å². The number of aryl methyl sites for hydroxylation is 1. The van der Waals surface area contributed by atoms with Gasteiger partial charge in [-0.1, -0.05) is 6.07 Å². The van der Waals surface area contributed by atoms with Gasteiger partial charge in [-0.25, -0.2) is 4.39 Å². The van der Waals surface area contributed by atoms with Crippen molar-refractivity contribution in [2.45, 2.75) is 13.3 Å². The highest BCUT2D eigenvalue weighted by Crippen LogP contribution is 2.25. The van der Waals surface area contributed by atoms with Gasteiger partial charge in [-0.2, -0.15) is 0 Å². The van der Waals surface area contributed by atoms with E-state index in [9.17, 15) is 4.39 Å². The maximum Gasteiger partial charge on any atom is 0.130 e. The number of ether oxygens (including phenoxy) is 1. The molecule has 0 aliphatic rings. The van der Waals surface area contributed by atoms with Gasteiger partial charge in [-0.15, -0.1) is 0 Å². The largest absolute Gasteiger partial charge is 0.496 e. The molecule has 0 fully saturated rings. The van der Waals surface area contributed by atoms with E-state index in [1.807, 2.05) is 6.92 Å². The smallest absolute Gasteiger partial charge is 0.130 e. The molecule has 0 spiro atoms. The summed E-state index contributed by atoms with van der Waals surface area (Å²) in [4.78, 5) is 0. The Kier molecular flexibility index (Phi) is 3.25. The molecular weight excluding hydrogens is 169 g/mol. The van der Waals surface area contributed by atoms with Gasteiger partial charge in [0.15, 0.2) is 0 Å². The third-order valence-corrected chi connectivity index (χ3v) is 2.00. The fourth-order valence-electron chi connectivity index (χ4n) is 1.38. The summed E-state index contributed by atoms with van der Waals surface area (Å²) in [6.07, 6.45) is 0.511. The second-order valence-electron chi connectivity index (χ2n) is 2.91. The van der Waals surface area contributed by atoms with Crippen LogP contribution in [-0.4, -0.2) is 13.7 Å². The molecule has 2 nitrogen and oxygen atoms in total. The van der Waals surface area contributed by atoms with Gasteiger partial charge >= 0.3 is 0 Å². The van der Waals surface area contributed by atoms with Gasteiger partial charge in [0.25, 0.3) is 0 Å². The quantitative estimate of drug-likeness (QED) is 0.773. The maximum atomic E-state index is 13.3. The maximum absolute atomic E-state index is 13.3. The molecule has 1 rings (SSSR count). The van der Waals surface area contributed by atoms with Crippen molar-refractivity contribution in [2.75, 3.05) is 13.7 Å². The first-order valence-electron chi connectivity index (χ1n) is 4.22. The van der Waals surface area contributed by atoms with Crippen LogP contribution in [0.15, 0.2) is 12.1 Å². The Hall–Kier alpha value is -1.09. The molecule has 1 aromatic rings. The first-order valence-corrected chi connectivity index (χ1v) is 4.22. The second kappa shape index (κ2) is 4.23. The lowest BCUT2D eigenvalue weighted by Crippen LogP contribution is -2.07. The lowest BCUT2D eigenvalue weighted by Gasteiger charge is -2.11. The fourth-order valence-corrected chi connectivity index (χ4v) is 1.38. The molecule has 0 aliphatic heterocycles. The van der Waals surface area contributed by atoms with Crippen LogP contribution in [0.5, 0.6) is 5.75 Å². The molecule has 0 unspecified atom stereocenters. The SMILES string of the molecule is COc1c(C)ccc(F)c1CCN. The Morgan fingerprint density at radius 1 is 1.46 bits per heavy atom. The molecule has 0 saturated heterocycles. The summed E-state index contributed by atoms with van der Waals surface area (Å²) in [7, 11) is 1.54. The Morgan fingerprint density at radius 3 is 2.69 bits per heavy atom. The van der Waals surface area contributed by atoms with Crippen LogP contribution < -0.4 is 10.5 Å². The Bertz CT molecular complexity index is 299. The molecule has 0 heterocycles. The third kappa shape index (κ3) is 1.98. The summed E-state index contributed by atoms with van der Waals surface area (Å²) < 4.78 is 18.4. The van der Waals surface area contributed by atoms with Crippen LogP contribution in [0.25, 0.3) is 0 Å². The highest BCUT2D eigenvalue weighted by atomic mass is 19.1.